The van der Waals surface area contributed by atoms with Crippen molar-refractivity contribution in [1.82, 2.24) is 19.9 Å². The molecule has 2 heterocycles. The summed E-state index contributed by atoms with van der Waals surface area (Å²) in [5.41, 5.74) is 4.27. The van der Waals surface area contributed by atoms with E-state index in [0.717, 1.165) is 22.4 Å². The van der Waals surface area contributed by atoms with Gasteiger partial charge in [-0.05, 0) is 17.7 Å². The van der Waals surface area contributed by atoms with Gasteiger partial charge in [-0.2, -0.15) is 5.26 Å². The Morgan fingerprint density at radius 1 is 1.08 bits per heavy atom. The molecule has 0 unspecified atom stereocenters. The standard InChI is InChI=1S/C19H13N5O/c1-25-16-8-3-2-6-13(16)14-7-4-5-12(9-20)17(14)19-23-15-10-21-11-22-18(15)24-19/h2-8,10-11H,1H3,(H,21,22,23,24). The number of aromatic amines is 1. The van der Waals surface area contributed by atoms with Gasteiger partial charge in [0.25, 0.3) is 0 Å². The molecule has 0 fully saturated rings. The van der Waals surface area contributed by atoms with E-state index in [9.17, 15) is 5.26 Å². The number of fused-ring (bicyclic) bond motifs is 1. The third-order valence-electron chi connectivity index (χ3n) is 3.98. The fourth-order valence-electron chi connectivity index (χ4n) is 2.87. The molecule has 0 radical (unpaired) electrons. The SMILES string of the molecule is COc1ccccc1-c1cccc(C#N)c1-c1nc2ncncc2[nH]1. The number of nitrogens with zero attached hydrogens (tertiary/aromatic N) is 4. The van der Waals surface area contributed by atoms with Crippen LogP contribution in [0, 0.1) is 11.3 Å². The van der Waals surface area contributed by atoms with Gasteiger partial charge in [-0.15, -0.1) is 0 Å². The summed E-state index contributed by atoms with van der Waals surface area (Å²) < 4.78 is 5.49. The van der Waals surface area contributed by atoms with Crippen LogP contribution in [0.5, 0.6) is 5.75 Å². The molecule has 2 aromatic heterocycles. The third kappa shape index (κ3) is 2.48. The summed E-state index contributed by atoms with van der Waals surface area (Å²) in [7, 11) is 1.63. The number of rotatable bonds is 3. The lowest BCUT2D eigenvalue weighted by atomic mass is 9.94. The van der Waals surface area contributed by atoms with Crippen molar-refractivity contribution in [1.29, 1.82) is 5.26 Å². The number of H-pyrrole nitrogens is 1. The van der Waals surface area contributed by atoms with Crippen molar-refractivity contribution in [2.45, 2.75) is 0 Å². The van der Waals surface area contributed by atoms with Crippen molar-refractivity contribution in [2.24, 2.45) is 0 Å². The van der Waals surface area contributed by atoms with Crippen LogP contribution in [-0.2, 0) is 0 Å². The second-order valence-corrected chi connectivity index (χ2v) is 5.39. The van der Waals surface area contributed by atoms with Crippen molar-refractivity contribution in [2.75, 3.05) is 7.11 Å². The van der Waals surface area contributed by atoms with Crippen LogP contribution in [0.1, 0.15) is 5.56 Å². The lowest BCUT2D eigenvalue weighted by Gasteiger charge is -2.13. The summed E-state index contributed by atoms with van der Waals surface area (Å²) in [5.74, 6) is 1.31. The second-order valence-electron chi connectivity index (χ2n) is 5.39. The Morgan fingerprint density at radius 3 is 2.72 bits per heavy atom. The van der Waals surface area contributed by atoms with Crippen LogP contribution in [0.25, 0.3) is 33.7 Å². The van der Waals surface area contributed by atoms with Gasteiger partial charge in [0.15, 0.2) is 5.65 Å². The van der Waals surface area contributed by atoms with Crippen LogP contribution in [0.3, 0.4) is 0 Å². The molecular weight excluding hydrogens is 314 g/mol. The van der Waals surface area contributed by atoms with Crippen molar-refractivity contribution in [3.05, 3.63) is 60.6 Å². The summed E-state index contributed by atoms with van der Waals surface area (Å²) in [6.45, 7) is 0. The number of nitrogens with one attached hydrogen (secondary N) is 1. The predicted octanol–water partition coefficient (Wildman–Crippen LogP) is 3.57. The Hall–Kier alpha value is -3.72. The summed E-state index contributed by atoms with van der Waals surface area (Å²) in [5, 5.41) is 9.60. The minimum Gasteiger partial charge on any atom is -0.496 e. The topological polar surface area (TPSA) is 87.5 Å². The van der Waals surface area contributed by atoms with Crippen LogP contribution in [-0.4, -0.2) is 27.0 Å². The first kappa shape index (κ1) is 14.8. The van der Waals surface area contributed by atoms with Gasteiger partial charge in [-0.3, -0.25) is 0 Å². The van der Waals surface area contributed by atoms with Crippen LogP contribution in [0.4, 0.5) is 0 Å². The molecule has 25 heavy (non-hydrogen) atoms. The second kappa shape index (κ2) is 6.06. The molecule has 0 atom stereocenters. The van der Waals surface area contributed by atoms with Gasteiger partial charge in [0.05, 0.1) is 24.9 Å². The number of methoxy groups -OCH3 is 1. The van der Waals surface area contributed by atoms with Crippen molar-refractivity contribution >= 4 is 11.2 Å². The molecule has 2 aromatic carbocycles. The highest BCUT2D eigenvalue weighted by Crippen LogP contribution is 2.38. The van der Waals surface area contributed by atoms with E-state index in [1.54, 1.807) is 19.4 Å². The number of benzene rings is 2. The highest BCUT2D eigenvalue weighted by atomic mass is 16.5. The van der Waals surface area contributed by atoms with E-state index in [-0.39, 0.29) is 0 Å². The Morgan fingerprint density at radius 2 is 1.92 bits per heavy atom. The number of hydrogen-bond acceptors (Lipinski definition) is 5. The highest BCUT2D eigenvalue weighted by Gasteiger charge is 2.18. The molecule has 0 aliphatic heterocycles. The minimum atomic E-state index is 0.524. The lowest BCUT2D eigenvalue weighted by Crippen LogP contribution is -1.94. The van der Waals surface area contributed by atoms with Gasteiger partial charge in [-0.1, -0.05) is 30.3 Å². The molecule has 4 rings (SSSR count). The lowest BCUT2D eigenvalue weighted by molar-refractivity contribution is 0.416. The summed E-state index contributed by atoms with van der Waals surface area (Å²) in [6.07, 6.45) is 3.11. The molecule has 0 spiro atoms. The van der Waals surface area contributed by atoms with Crippen LogP contribution in [0.15, 0.2) is 55.0 Å². The zero-order chi connectivity index (χ0) is 17.2. The van der Waals surface area contributed by atoms with Crippen LogP contribution < -0.4 is 4.74 Å². The predicted molar refractivity (Wildman–Crippen MR) is 93.8 cm³/mol. The molecule has 6 heteroatoms. The van der Waals surface area contributed by atoms with E-state index in [4.69, 9.17) is 4.74 Å². The quantitative estimate of drug-likeness (QED) is 0.621. The average molecular weight is 327 g/mol. The summed E-state index contributed by atoms with van der Waals surface area (Å²) in [4.78, 5) is 15.9. The monoisotopic (exact) mass is 327 g/mol. The largest absolute Gasteiger partial charge is 0.496 e. The van der Waals surface area contributed by atoms with Crippen LogP contribution in [0.2, 0.25) is 0 Å². The van der Waals surface area contributed by atoms with Gasteiger partial charge in [-0.25, -0.2) is 15.0 Å². The Balaban J connectivity index is 2.03. The highest BCUT2D eigenvalue weighted by molar-refractivity contribution is 5.89. The van der Waals surface area contributed by atoms with E-state index < -0.39 is 0 Å². The summed E-state index contributed by atoms with van der Waals surface area (Å²) >= 11 is 0. The first-order valence-electron chi connectivity index (χ1n) is 7.64. The molecule has 0 amide bonds. The number of aromatic nitrogens is 4. The Labute approximate surface area is 143 Å². The number of imidazole rings is 1. The Bertz CT molecular complexity index is 1080. The first-order chi connectivity index (χ1) is 12.3. The van der Waals surface area contributed by atoms with E-state index in [0.29, 0.717) is 22.6 Å². The summed E-state index contributed by atoms with van der Waals surface area (Å²) in [6, 6.07) is 15.5. The van der Waals surface area contributed by atoms with Gasteiger partial charge < -0.3 is 9.72 Å². The normalized spacial score (nSPS) is 10.6. The van der Waals surface area contributed by atoms with E-state index in [2.05, 4.69) is 26.0 Å². The Kier molecular flexibility index (Phi) is 3.60. The average Bonchev–Trinajstić information content (AvgIpc) is 3.11. The van der Waals surface area contributed by atoms with Gasteiger partial charge >= 0.3 is 0 Å². The van der Waals surface area contributed by atoms with E-state index in [1.165, 1.54) is 6.33 Å². The van der Waals surface area contributed by atoms with Gasteiger partial charge in [0.2, 0.25) is 0 Å². The molecule has 1 N–H and O–H groups in total. The third-order valence-corrected chi connectivity index (χ3v) is 3.98. The smallest absolute Gasteiger partial charge is 0.181 e. The maximum absolute atomic E-state index is 9.60. The molecule has 120 valence electrons. The maximum Gasteiger partial charge on any atom is 0.181 e. The molecule has 0 saturated carbocycles. The van der Waals surface area contributed by atoms with Crippen molar-refractivity contribution < 1.29 is 4.74 Å². The first-order valence-corrected chi connectivity index (χ1v) is 7.64. The number of hydrogen-bond donors (Lipinski definition) is 1. The number of nitriles is 1. The minimum absolute atomic E-state index is 0.524. The van der Waals surface area contributed by atoms with Crippen molar-refractivity contribution in [3.8, 4) is 34.3 Å². The zero-order valence-electron chi connectivity index (χ0n) is 13.4. The van der Waals surface area contributed by atoms with Crippen molar-refractivity contribution in [3.63, 3.8) is 0 Å². The number of para-hydroxylation sites is 1. The number of ether oxygens (including phenoxy) is 1. The van der Waals surface area contributed by atoms with E-state index in [1.807, 2.05) is 36.4 Å². The van der Waals surface area contributed by atoms with E-state index >= 15 is 0 Å². The molecule has 0 bridgehead atoms. The van der Waals surface area contributed by atoms with Crippen LogP contribution >= 0.6 is 0 Å². The fraction of sp³-hybridized carbons (Fsp3) is 0.0526. The maximum atomic E-state index is 9.60. The molecule has 6 nitrogen and oxygen atoms in total. The van der Waals surface area contributed by atoms with Gasteiger partial charge in [0.1, 0.15) is 23.4 Å². The molecule has 0 saturated heterocycles. The molecule has 0 aliphatic rings. The zero-order valence-corrected chi connectivity index (χ0v) is 13.4. The molecule has 4 aromatic rings. The molecular formula is C19H13N5O. The van der Waals surface area contributed by atoms with Gasteiger partial charge in [0, 0.05) is 11.1 Å². The fourth-order valence-corrected chi connectivity index (χ4v) is 2.87. The molecule has 0 aliphatic carbocycles.